The molecule has 78 valence electrons. The molecule has 1 aromatic rings. The molecule has 1 rings (SSSR count). The highest BCUT2D eigenvalue weighted by atomic mass is 79.9. The second kappa shape index (κ2) is 5.32. The fourth-order valence-electron chi connectivity index (χ4n) is 0.944. The van der Waals surface area contributed by atoms with Gasteiger partial charge in [-0.2, -0.15) is 0 Å². The van der Waals surface area contributed by atoms with Crippen molar-refractivity contribution >= 4 is 15.9 Å². The Bertz CT molecular complexity index is 304. The van der Waals surface area contributed by atoms with E-state index in [1.165, 1.54) is 6.07 Å². The van der Waals surface area contributed by atoms with Crippen LogP contribution >= 0.6 is 15.9 Å². The van der Waals surface area contributed by atoms with Gasteiger partial charge in [0.25, 0.3) is 0 Å². The summed E-state index contributed by atoms with van der Waals surface area (Å²) in [6.07, 6.45) is -0.541. The maximum Gasteiger partial charge on any atom is 0.126 e. The van der Waals surface area contributed by atoms with Crippen LogP contribution in [-0.4, -0.2) is 23.1 Å². The first kappa shape index (κ1) is 11.5. The Balaban J connectivity index is 2.55. The summed E-state index contributed by atoms with van der Waals surface area (Å²) in [6.45, 7) is 1.87. The van der Waals surface area contributed by atoms with E-state index >= 15 is 0 Å². The summed E-state index contributed by atoms with van der Waals surface area (Å²) in [4.78, 5) is 0. The van der Waals surface area contributed by atoms with Crippen molar-refractivity contribution in [1.82, 2.24) is 0 Å². The van der Waals surface area contributed by atoms with Crippen molar-refractivity contribution < 1.29 is 14.2 Å². The van der Waals surface area contributed by atoms with Gasteiger partial charge in [-0.25, -0.2) is 4.39 Å². The van der Waals surface area contributed by atoms with Crippen LogP contribution in [0.3, 0.4) is 0 Å². The SMILES string of the molecule is Cc1cc(OCC(O)CBr)ccc1F. The van der Waals surface area contributed by atoms with E-state index in [4.69, 9.17) is 4.74 Å². The lowest BCUT2D eigenvalue weighted by Crippen LogP contribution is -2.18. The Morgan fingerprint density at radius 2 is 2.29 bits per heavy atom. The molecule has 14 heavy (non-hydrogen) atoms. The molecular formula is C10H12BrFO2. The van der Waals surface area contributed by atoms with Gasteiger partial charge < -0.3 is 9.84 Å². The number of aliphatic hydroxyl groups is 1. The van der Waals surface area contributed by atoms with Crippen LogP contribution in [0.5, 0.6) is 5.75 Å². The molecule has 0 heterocycles. The molecule has 0 saturated carbocycles. The van der Waals surface area contributed by atoms with Crippen LogP contribution < -0.4 is 4.74 Å². The molecule has 1 atom stereocenters. The lowest BCUT2D eigenvalue weighted by molar-refractivity contribution is 0.127. The summed E-state index contributed by atoms with van der Waals surface area (Å²) >= 11 is 3.12. The van der Waals surface area contributed by atoms with Crippen molar-refractivity contribution in [3.63, 3.8) is 0 Å². The van der Waals surface area contributed by atoms with Gasteiger partial charge in [-0.15, -0.1) is 0 Å². The molecule has 1 aromatic carbocycles. The molecule has 0 aliphatic heterocycles. The number of benzene rings is 1. The highest BCUT2D eigenvalue weighted by molar-refractivity contribution is 9.09. The van der Waals surface area contributed by atoms with Crippen LogP contribution in [0.4, 0.5) is 4.39 Å². The maximum atomic E-state index is 12.9. The Morgan fingerprint density at radius 1 is 1.57 bits per heavy atom. The Morgan fingerprint density at radius 3 is 2.86 bits per heavy atom. The molecular weight excluding hydrogens is 251 g/mol. The van der Waals surface area contributed by atoms with Crippen LogP contribution in [0.2, 0.25) is 0 Å². The number of halogens is 2. The molecule has 0 radical (unpaired) electrons. The zero-order valence-corrected chi connectivity index (χ0v) is 9.42. The number of hydrogen-bond acceptors (Lipinski definition) is 2. The first-order valence-electron chi connectivity index (χ1n) is 4.26. The van der Waals surface area contributed by atoms with E-state index in [0.29, 0.717) is 16.6 Å². The quantitative estimate of drug-likeness (QED) is 0.844. The van der Waals surface area contributed by atoms with Gasteiger partial charge in [0.2, 0.25) is 0 Å². The number of hydrogen-bond donors (Lipinski definition) is 1. The van der Waals surface area contributed by atoms with Crippen molar-refractivity contribution in [2.45, 2.75) is 13.0 Å². The van der Waals surface area contributed by atoms with E-state index in [2.05, 4.69) is 15.9 Å². The topological polar surface area (TPSA) is 29.5 Å². The molecule has 0 aliphatic carbocycles. The number of ether oxygens (including phenoxy) is 1. The van der Waals surface area contributed by atoms with Crippen molar-refractivity contribution in [2.24, 2.45) is 0 Å². The molecule has 0 fully saturated rings. The minimum Gasteiger partial charge on any atom is -0.491 e. The summed E-state index contributed by atoms with van der Waals surface area (Å²) in [7, 11) is 0. The molecule has 0 saturated heterocycles. The normalized spacial score (nSPS) is 12.6. The lowest BCUT2D eigenvalue weighted by atomic mass is 10.2. The Labute approximate surface area is 90.8 Å². The predicted octanol–water partition coefficient (Wildman–Crippen LogP) is 2.27. The zero-order valence-electron chi connectivity index (χ0n) is 7.84. The van der Waals surface area contributed by atoms with Gasteiger partial charge in [-0.05, 0) is 30.7 Å². The third-order valence-corrected chi connectivity index (χ3v) is 2.50. The zero-order chi connectivity index (χ0) is 10.6. The number of rotatable bonds is 4. The molecule has 1 unspecified atom stereocenters. The smallest absolute Gasteiger partial charge is 0.126 e. The van der Waals surface area contributed by atoms with Crippen LogP contribution in [-0.2, 0) is 0 Å². The fraction of sp³-hybridized carbons (Fsp3) is 0.400. The van der Waals surface area contributed by atoms with Crippen molar-refractivity contribution in [3.05, 3.63) is 29.6 Å². The molecule has 2 nitrogen and oxygen atoms in total. The fourth-order valence-corrected chi connectivity index (χ4v) is 1.13. The molecule has 0 aliphatic rings. The second-order valence-corrected chi connectivity index (χ2v) is 3.68. The molecule has 4 heteroatoms. The van der Waals surface area contributed by atoms with E-state index in [1.54, 1.807) is 19.1 Å². The van der Waals surface area contributed by atoms with Crippen molar-refractivity contribution in [2.75, 3.05) is 11.9 Å². The van der Waals surface area contributed by atoms with E-state index in [9.17, 15) is 9.50 Å². The van der Waals surface area contributed by atoms with Gasteiger partial charge >= 0.3 is 0 Å². The number of aryl methyl sites for hydroxylation is 1. The lowest BCUT2D eigenvalue weighted by Gasteiger charge is -2.10. The average molecular weight is 263 g/mol. The highest BCUT2D eigenvalue weighted by Gasteiger charge is 2.04. The first-order valence-corrected chi connectivity index (χ1v) is 5.38. The molecule has 0 spiro atoms. The summed E-state index contributed by atoms with van der Waals surface area (Å²) in [6, 6.07) is 4.50. The summed E-state index contributed by atoms with van der Waals surface area (Å²) in [5.41, 5.74) is 0.538. The average Bonchev–Trinajstić information content (AvgIpc) is 2.19. The van der Waals surface area contributed by atoms with E-state index in [1.807, 2.05) is 0 Å². The first-order chi connectivity index (χ1) is 6.63. The van der Waals surface area contributed by atoms with Crippen LogP contribution in [0.15, 0.2) is 18.2 Å². The van der Waals surface area contributed by atoms with Gasteiger partial charge in [0.1, 0.15) is 18.2 Å². The van der Waals surface area contributed by atoms with Crippen LogP contribution in [0, 0.1) is 12.7 Å². The maximum absolute atomic E-state index is 12.9. The Hall–Kier alpha value is -0.610. The summed E-state index contributed by atoms with van der Waals surface area (Å²) in [5.74, 6) is 0.322. The largest absolute Gasteiger partial charge is 0.491 e. The molecule has 0 amide bonds. The minimum atomic E-state index is -0.541. The van der Waals surface area contributed by atoms with E-state index in [0.717, 1.165) is 0 Å². The third kappa shape index (κ3) is 3.27. The summed E-state index contributed by atoms with van der Waals surface area (Å²) < 4.78 is 18.1. The highest BCUT2D eigenvalue weighted by Crippen LogP contribution is 2.16. The molecule has 0 aromatic heterocycles. The van der Waals surface area contributed by atoms with E-state index < -0.39 is 6.10 Å². The third-order valence-electron chi connectivity index (χ3n) is 1.75. The second-order valence-electron chi connectivity index (χ2n) is 3.03. The Kier molecular flexibility index (Phi) is 4.35. The molecule has 1 N–H and O–H groups in total. The van der Waals surface area contributed by atoms with Crippen molar-refractivity contribution in [3.8, 4) is 5.75 Å². The van der Waals surface area contributed by atoms with Gasteiger partial charge in [-0.1, -0.05) is 15.9 Å². The monoisotopic (exact) mass is 262 g/mol. The van der Waals surface area contributed by atoms with Crippen LogP contribution in [0.1, 0.15) is 5.56 Å². The van der Waals surface area contributed by atoms with Gasteiger partial charge in [0.15, 0.2) is 0 Å². The molecule has 0 bridgehead atoms. The van der Waals surface area contributed by atoms with Crippen molar-refractivity contribution in [1.29, 1.82) is 0 Å². The number of alkyl halides is 1. The minimum absolute atomic E-state index is 0.205. The standard InChI is InChI=1S/C10H12BrFO2/c1-7-4-9(2-3-10(7)12)14-6-8(13)5-11/h2-4,8,13H,5-6H2,1H3. The van der Waals surface area contributed by atoms with Gasteiger partial charge in [0, 0.05) is 5.33 Å². The van der Waals surface area contributed by atoms with Gasteiger partial charge in [-0.3, -0.25) is 0 Å². The van der Waals surface area contributed by atoms with E-state index in [-0.39, 0.29) is 12.4 Å². The van der Waals surface area contributed by atoms with Crippen LogP contribution in [0.25, 0.3) is 0 Å². The van der Waals surface area contributed by atoms with Gasteiger partial charge in [0.05, 0.1) is 6.10 Å². The number of aliphatic hydroxyl groups excluding tert-OH is 1. The summed E-state index contributed by atoms with van der Waals surface area (Å²) in [5, 5.41) is 9.66. The predicted molar refractivity (Wildman–Crippen MR) is 56.4 cm³/mol.